The van der Waals surface area contributed by atoms with Gasteiger partial charge in [-0.1, -0.05) is 13.8 Å². The standard InChI is InChI=1S/C13H23N3O2/c1-10(2)5-11-6-12(15-14-11)7-16-3-4-18-9-13(16)8-17/h6,10,13,17H,3-5,7-9H2,1-2H3,(H,14,15)/t13-/m1/s1. The summed E-state index contributed by atoms with van der Waals surface area (Å²) < 4.78 is 5.37. The number of H-pyrrole nitrogens is 1. The van der Waals surface area contributed by atoms with Gasteiger partial charge in [0, 0.05) is 18.8 Å². The van der Waals surface area contributed by atoms with E-state index in [1.165, 1.54) is 0 Å². The van der Waals surface area contributed by atoms with E-state index in [4.69, 9.17) is 4.74 Å². The second-order valence-corrected chi connectivity index (χ2v) is 5.36. The SMILES string of the molecule is CC(C)Cc1cc(CN2CCOC[C@H]2CO)[nH]n1. The van der Waals surface area contributed by atoms with Crippen molar-refractivity contribution in [2.24, 2.45) is 5.92 Å². The first-order chi connectivity index (χ1) is 8.69. The maximum absolute atomic E-state index is 9.32. The average molecular weight is 253 g/mol. The van der Waals surface area contributed by atoms with Crippen molar-refractivity contribution >= 4 is 0 Å². The van der Waals surface area contributed by atoms with Crippen LogP contribution in [0.25, 0.3) is 0 Å². The van der Waals surface area contributed by atoms with E-state index in [9.17, 15) is 5.11 Å². The topological polar surface area (TPSA) is 61.4 Å². The number of aliphatic hydroxyl groups is 1. The molecule has 1 aromatic heterocycles. The van der Waals surface area contributed by atoms with E-state index in [0.717, 1.165) is 37.5 Å². The van der Waals surface area contributed by atoms with Gasteiger partial charge in [-0.25, -0.2) is 0 Å². The molecule has 0 amide bonds. The summed E-state index contributed by atoms with van der Waals surface area (Å²) in [5.74, 6) is 0.620. The molecule has 0 spiro atoms. The van der Waals surface area contributed by atoms with Crippen molar-refractivity contribution in [3.05, 3.63) is 17.5 Å². The Kier molecular flexibility index (Phi) is 4.74. The number of rotatable bonds is 5. The largest absolute Gasteiger partial charge is 0.395 e. The Labute approximate surface area is 108 Å². The third kappa shape index (κ3) is 3.54. The van der Waals surface area contributed by atoms with Crippen LogP contribution in [-0.2, 0) is 17.7 Å². The molecule has 1 aromatic rings. The monoisotopic (exact) mass is 253 g/mol. The van der Waals surface area contributed by atoms with Gasteiger partial charge in [-0.15, -0.1) is 0 Å². The molecule has 0 saturated carbocycles. The number of hydrogen-bond acceptors (Lipinski definition) is 4. The predicted octanol–water partition coefficient (Wildman–Crippen LogP) is 0.801. The van der Waals surface area contributed by atoms with Crippen LogP contribution in [0.3, 0.4) is 0 Å². The minimum Gasteiger partial charge on any atom is -0.395 e. The first kappa shape index (κ1) is 13.5. The molecule has 0 aromatic carbocycles. The lowest BCUT2D eigenvalue weighted by atomic mass is 10.1. The van der Waals surface area contributed by atoms with Gasteiger partial charge < -0.3 is 9.84 Å². The van der Waals surface area contributed by atoms with Crippen LogP contribution < -0.4 is 0 Å². The van der Waals surface area contributed by atoms with Crippen molar-refractivity contribution < 1.29 is 9.84 Å². The number of morpholine rings is 1. The number of hydrogen-bond donors (Lipinski definition) is 2. The Morgan fingerprint density at radius 1 is 1.61 bits per heavy atom. The zero-order valence-corrected chi connectivity index (χ0v) is 11.2. The Morgan fingerprint density at radius 3 is 3.17 bits per heavy atom. The van der Waals surface area contributed by atoms with Gasteiger partial charge in [0.15, 0.2) is 0 Å². The van der Waals surface area contributed by atoms with Gasteiger partial charge in [-0.05, 0) is 18.4 Å². The number of aromatic nitrogens is 2. The molecular formula is C13H23N3O2. The van der Waals surface area contributed by atoms with E-state index in [1.807, 2.05) is 0 Å². The number of nitrogens with one attached hydrogen (secondary N) is 1. The molecule has 0 bridgehead atoms. The molecule has 0 unspecified atom stereocenters. The van der Waals surface area contributed by atoms with Crippen molar-refractivity contribution in [3.63, 3.8) is 0 Å². The number of aliphatic hydroxyl groups excluding tert-OH is 1. The third-order valence-corrected chi connectivity index (χ3v) is 3.24. The zero-order chi connectivity index (χ0) is 13.0. The number of nitrogens with zero attached hydrogens (tertiary/aromatic N) is 2. The Balaban J connectivity index is 1.93. The van der Waals surface area contributed by atoms with Crippen LogP contribution in [0.1, 0.15) is 25.2 Å². The van der Waals surface area contributed by atoms with E-state index < -0.39 is 0 Å². The molecule has 1 aliphatic rings. The summed E-state index contributed by atoms with van der Waals surface area (Å²) in [4.78, 5) is 2.25. The zero-order valence-electron chi connectivity index (χ0n) is 11.2. The molecule has 1 fully saturated rings. The normalized spacial score (nSPS) is 21.7. The minimum atomic E-state index is 0.107. The summed E-state index contributed by atoms with van der Waals surface area (Å²) in [5, 5.41) is 16.7. The van der Waals surface area contributed by atoms with Gasteiger partial charge >= 0.3 is 0 Å². The fourth-order valence-corrected chi connectivity index (χ4v) is 2.30. The number of ether oxygens (including phenoxy) is 1. The molecule has 0 aliphatic carbocycles. The van der Waals surface area contributed by atoms with Crippen LogP contribution in [-0.4, -0.2) is 52.6 Å². The van der Waals surface area contributed by atoms with Crippen molar-refractivity contribution in [1.29, 1.82) is 0 Å². The van der Waals surface area contributed by atoms with Gasteiger partial charge in [0.1, 0.15) is 0 Å². The summed E-state index contributed by atoms with van der Waals surface area (Å²) in [6.45, 7) is 7.56. The molecule has 1 saturated heterocycles. The molecule has 5 heteroatoms. The Hall–Kier alpha value is -0.910. The lowest BCUT2D eigenvalue weighted by molar-refractivity contribution is -0.0317. The lowest BCUT2D eigenvalue weighted by Crippen LogP contribution is -2.46. The molecular weight excluding hydrogens is 230 g/mol. The Morgan fingerprint density at radius 2 is 2.44 bits per heavy atom. The molecule has 18 heavy (non-hydrogen) atoms. The van der Waals surface area contributed by atoms with Crippen LogP contribution in [0.15, 0.2) is 6.07 Å². The summed E-state index contributed by atoms with van der Waals surface area (Å²) in [6, 6.07) is 2.24. The van der Waals surface area contributed by atoms with Gasteiger partial charge in [-0.3, -0.25) is 10.00 Å². The lowest BCUT2D eigenvalue weighted by Gasteiger charge is -2.33. The fraction of sp³-hybridized carbons (Fsp3) is 0.769. The maximum Gasteiger partial charge on any atom is 0.0645 e. The van der Waals surface area contributed by atoms with Crippen molar-refractivity contribution in [2.45, 2.75) is 32.9 Å². The number of aromatic amines is 1. The van der Waals surface area contributed by atoms with E-state index in [-0.39, 0.29) is 12.6 Å². The molecule has 2 N–H and O–H groups in total. The highest BCUT2D eigenvalue weighted by Gasteiger charge is 2.22. The molecule has 2 heterocycles. The van der Waals surface area contributed by atoms with E-state index >= 15 is 0 Å². The summed E-state index contributed by atoms with van der Waals surface area (Å²) in [7, 11) is 0. The van der Waals surface area contributed by atoms with Crippen LogP contribution >= 0.6 is 0 Å². The van der Waals surface area contributed by atoms with E-state index in [0.29, 0.717) is 12.5 Å². The van der Waals surface area contributed by atoms with Gasteiger partial charge in [0.05, 0.1) is 31.6 Å². The van der Waals surface area contributed by atoms with Gasteiger partial charge in [0.2, 0.25) is 0 Å². The second-order valence-electron chi connectivity index (χ2n) is 5.36. The molecule has 0 radical (unpaired) electrons. The van der Waals surface area contributed by atoms with Crippen molar-refractivity contribution in [1.82, 2.24) is 15.1 Å². The highest BCUT2D eigenvalue weighted by molar-refractivity contribution is 5.09. The van der Waals surface area contributed by atoms with Crippen LogP contribution in [0.2, 0.25) is 0 Å². The van der Waals surface area contributed by atoms with Crippen LogP contribution in [0.5, 0.6) is 0 Å². The minimum absolute atomic E-state index is 0.107. The van der Waals surface area contributed by atoms with Crippen molar-refractivity contribution in [3.8, 4) is 0 Å². The first-order valence-corrected chi connectivity index (χ1v) is 6.65. The second kappa shape index (κ2) is 6.31. The van der Waals surface area contributed by atoms with Crippen molar-refractivity contribution in [2.75, 3.05) is 26.4 Å². The fourth-order valence-electron chi connectivity index (χ4n) is 2.30. The van der Waals surface area contributed by atoms with E-state index in [2.05, 4.69) is 35.0 Å². The molecule has 102 valence electrons. The molecule has 5 nitrogen and oxygen atoms in total. The van der Waals surface area contributed by atoms with Gasteiger partial charge in [-0.2, -0.15) is 5.10 Å². The van der Waals surface area contributed by atoms with Gasteiger partial charge in [0.25, 0.3) is 0 Å². The smallest absolute Gasteiger partial charge is 0.0645 e. The van der Waals surface area contributed by atoms with Crippen LogP contribution in [0, 0.1) is 5.92 Å². The average Bonchev–Trinajstić information content (AvgIpc) is 2.76. The third-order valence-electron chi connectivity index (χ3n) is 3.24. The highest BCUT2D eigenvalue weighted by atomic mass is 16.5. The molecule has 1 atom stereocenters. The summed E-state index contributed by atoms with van der Waals surface area (Å²) in [5.41, 5.74) is 2.24. The maximum atomic E-state index is 9.32. The Bertz CT molecular complexity index is 365. The quantitative estimate of drug-likeness (QED) is 0.815. The predicted molar refractivity (Wildman–Crippen MR) is 69.2 cm³/mol. The van der Waals surface area contributed by atoms with E-state index in [1.54, 1.807) is 0 Å². The molecule has 1 aliphatic heterocycles. The highest BCUT2D eigenvalue weighted by Crippen LogP contribution is 2.13. The molecule has 2 rings (SSSR count). The first-order valence-electron chi connectivity index (χ1n) is 6.65. The summed E-state index contributed by atoms with van der Waals surface area (Å²) >= 11 is 0. The van der Waals surface area contributed by atoms with Crippen LogP contribution in [0.4, 0.5) is 0 Å². The summed E-state index contributed by atoms with van der Waals surface area (Å²) in [6.07, 6.45) is 1.00.